The van der Waals surface area contributed by atoms with E-state index in [4.69, 9.17) is 11.6 Å². The number of amides is 2. The fraction of sp³-hybridized carbons (Fsp3) is 0.462. The lowest BCUT2D eigenvalue weighted by atomic mass is 10.2. The molecule has 7 heteroatoms. The molecule has 0 aliphatic heterocycles. The first-order chi connectivity index (χ1) is 9.24. The highest BCUT2D eigenvalue weighted by molar-refractivity contribution is 6.33. The summed E-state index contributed by atoms with van der Waals surface area (Å²) in [6.45, 7) is 3.79. The Kier molecular flexibility index (Phi) is 5.68. The van der Waals surface area contributed by atoms with E-state index in [2.05, 4.69) is 10.6 Å². The van der Waals surface area contributed by atoms with Gasteiger partial charge >= 0.3 is 12.2 Å². The molecule has 2 amide bonds. The topological polar surface area (TPSA) is 41.1 Å². The number of carbonyl (C=O) groups excluding carboxylic acids is 1. The molecular weight excluding hydrogens is 293 g/mol. The molecule has 0 radical (unpaired) electrons. The molecule has 112 valence electrons. The molecule has 0 bridgehead atoms. The zero-order valence-electron chi connectivity index (χ0n) is 11.1. The molecule has 0 spiro atoms. The van der Waals surface area contributed by atoms with Crippen LogP contribution in [0.1, 0.15) is 32.3 Å². The second-order valence-electron chi connectivity index (χ2n) is 4.48. The predicted molar refractivity (Wildman–Crippen MR) is 73.0 cm³/mol. The molecule has 0 saturated heterocycles. The Bertz CT molecular complexity index is 477. The summed E-state index contributed by atoms with van der Waals surface area (Å²) in [5, 5.41) is 5.01. The van der Waals surface area contributed by atoms with Gasteiger partial charge in [-0.15, -0.1) is 0 Å². The summed E-state index contributed by atoms with van der Waals surface area (Å²) >= 11 is 5.78. The Morgan fingerprint density at radius 2 is 2.05 bits per heavy atom. The largest absolute Gasteiger partial charge is 0.416 e. The van der Waals surface area contributed by atoms with Gasteiger partial charge in [0.1, 0.15) is 0 Å². The maximum absolute atomic E-state index is 12.6. The number of hydrogen-bond donors (Lipinski definition) is 2. The van der Waals surface area contributed by atoms with Crippen LogP contribution in [-0.4, -0.2) is 12.1 Å². The number of anilines is 1. The number of halogens is 4. The van der Waals surface area contributed by atoms with Crippen LogP contribution in [0.2, 0.25) is 5.02 Å². The Labute approximate surface area is 120 Å². The molecule has 1 aromatic rings. The molecule has 0 saturated carbocycles. The predicted octanol–water partition coefficient (Wildman–Crippen LogP) is 4.67. The van der Waals surface area contributed by atoms with Crippen LogP contribution >= 0.6 is 11.6 Å². The van der Waals surface area contributed by atoms with Gasteiger partial charge in [0.25, 0.3) is 0 Å². The van der Waals surface area contributed by atoms with Crippen molar-refractivity contribution in [3.63, 3.8) is 0 Å². The smallest absolute Gasteiger partial charge is 0.335 e. The van der Waals surface area contributed by atoms with Crippen molar-refractivity contribution in [2.45, 2.75) is 38.9 Å². The number of benzene rings is 1. The first-order valence-corrected chi connectivity index (χ1v) is 6.56. The molecule has 20 heavy (non-hydrogen) atoms. The molecule has 0 aliphatic carbocycles. The summed E-state index contributed by atoms with van der Waals surface area (Å²) in [5.74, 6) is 0. The molecule has 0 heterocycles. The van der Waals surface area contributed by atoms with Gasteiger partial charge in [0.05, 0.1) is 16.3 Å². The van der Waals surface area contributed by atoms with Crippen LogP contribution in [-0.2, 0) is 6.18 Å². The summed E-state index contributed by atoms with van der Waals surface area (Å²) in [4.78, 5) is 11.6. The second-order valence-corrected chi connectivity index (χ2v) is 4.89. The van der Waals surface area contributed by atoms with Gasteiger partial charge in [-0.3, -0.25) is 0 Å². The zero-order chi connectivity index (χ0) is 15.3. The highest BCUT2D eigenvalue weighted by atomic mass is 35.5. The van der Waals surface area contributed by atoms with Crippen LogP contribution in [0.4, 0.5) is 23.7 Å². The van der Waals surface area contributed by atoms with Gasteiger partial charge in [0.2, 0.25) is 0 Å². The Balaban J connectivity index is 2.79. The molecule has 1 rings (SSSR count). The fourth-order valence-corrected chi connectivity index (χ4v) is 1.85. The number of alkyl halides is 3. The standard InChI is InChI=1S/C13H16ClF3N2O/c1-3-4-8(2)18-12(20)19-11-7-9(13(15,16)17)5-6-10(11)14/h5-8H,3-4H2,1-2H3,(H2,18,19,20)/t8-/m1/s1. The molecule has 1 atom stereocenters. The molecular formula is C13H16ClF3N2O. The van der Waals surface area contributed by atoms with Crippen molar-refractivity contribution in [2.75, 3.05) is 5.32 Å². The Hall–Kier alpha value is -1.43. The second kappa shape index (κ2) is 6.83. The first-order valence-electron chi connectivity index (χ1n) is 6.18. The van der Waals surface area contributed by atoms with Gasteiger partial charge in [-0.25, -0.2) is 4.79 Å². The lowest BCUT2D eigenvalue weighted by Crippen LogP contribution is -2.36. The lowest BCUT2D eigenvalue weighted by molar-refractivity contribution is -0.137. The molecule has 1 aromatic carbocycles. The Morgan fingerprint density at radius 3 is 2.60 bits per heavy atom. The molecule has 0 fully saturated rings. The van der Waals surface area contributed by atoms with Gasteiger partial charge in [0.15, 0.2) is 0 Å². The number of rotatable bonds is 4. The van der Waals surface area contributed by atoms with Gasteiger partial charge in [0, 0.05) is 6.04 Å². The minimum Gasteiger partial charge on any atom is -0.335 e. The fourth-order valence-electron chi connectivity index (χ4n) is 1.68. The molecule has 0 unspecified atom stereocenters. The summed E-state index contributed by atoms with van der Waals surface area (Å²) in [6, 6.07) is 2.14. The van der Waals surface area contributed by atoms with E-state index >= 15 is 0 Å². The summed E-state index contributed by atoms with van der Waals surface area (Å²) in [6.07, 6.45) is -2.80. The van der Waals surface area contributed by atoms with Crippen LogP contribution in [0, 0.1) is 0 Å². The van der Waals surface area contributed by atoms with Gasteiger partial charge in [-0.1, -0.05) is 24.9 Å². The average Bonchev–Trinajstić information content (AvgIpc) is 2.30. The maximum atomic E-state index is 12.6. The van der Waals surface area contributed by atoms with E-state index in [1.165, 1.54) is 0 Å². The lowest BCUT2D eigenvalue weighted by Gasteiger charge is -2.15. The van der Waals surface area contributed by atoms with Crippen LogP contribution in [0.5, 0.6) is 0 Å². The van der Waals surface area contributed by atoms with Crippen LogP contribution < -0.4 is 10.6 Å². The summed E-state index contributed by atoms with van der Waals surface area (Å²) in [5.41, 5.74) is -0.929. The van der Waals surface area contributed by atoms with Gasteiger partial charge < -0.3 is 10.6 Å². The van der Waals surface area contributed by atoms with Crippen molar-refractivity contribution in [3.8, 4) is 0 Å². The SMILES string of the molecule is CCC[C@@H](C)NC(=O)Nc1cc(C(F)(F)F)ccc1Cl. The first kappa shape index (κ1) is 16.6. The van der Waals surface area contributed by atoms with Crippen LogP contribution in [0.15, 0.2) is 18.2 Å². The molecule has 2 N–H and O–H groups in total. The van der Waals surface area contributed by atoms with E-state index in [9.17, 15) is 18.0 Å². The van der Waals surface area contributed by atoms with Crippen molar-refractivity contribution in [3.05, 3.63) is 28.8 Å². The van der Waals surface area contributed by atoms with Crippen molar-refractivity contribution in [1.29, 1.82) is 0 Å². The highest BCUT2D eigenvalue weighted by Crippen LogP contribution is 2.33. The molecule has 0 aromatic heterocycles. The minimum atomic E-state index is -4.48. The van der Waals surface area contributed by atoms with E-state index < -0.39 is 17.8 Å². The highest BCUT2D eigenvalue weighted by Gasteiger charge is 2.31. The van der Waals surface area contributed by atoms with E-state index in [-0.39, 0.29) is 16.8 Å². The average molecular weight is 309 g/mol. The Morgan fingerprint density at radius 1 is 1.40 bits per heavy atom. The number of nitrogens with one attached hydrogen (secondary N) is 2. The van der Waals surface area contributed by atoms with Gasteiger partial charge in [-0.05, 0) is 31.5 Å². The number of hydrogen-bond acceptors (Lipinski definition) is 1. The third-order valence-electron chi connectivity index (χ3n) is 2.64. The molecule has 3 nitrogen and oxygen atoms in total. The van der Waals surface area contributed by atoms with E-state index in [0.717, 1.165) is 31.0 Å². The minimum absolute atomic E-state index is 0.0521. The third-order valence-corrected chi connectivity index (χ3v) is 2.97. The quantitative estimate of drug-likeness (QED) is 0.834. The third kappa shape index (κ3) is 4.92. The summed E-state index contributed by atoms with van der Waals surface area (Å²) in [7, 11) is 0. The molecule has 0 aliphatic rings. The van der Waals surface area contributed by atoms with E-state index in [1.54, 1.807) is 0 Å². The van der Waals surface area contributed by atoms with E-state index in [0.29, 0.717) is 0 Å². The van der Waals surface area contributed by atoms with Crippen molar-refractivity contribution < 1.29 is 18.0 Å². The number of urea groups is 1. The van der Waals surface area contributed by atoms with Crippen LogP contribution in [0.25, 0.3) is 0 Å². The van der Waals surface area contributed by atoms with E-state index in [1.807, 2.05) is 13.8 Å². The van der Waals surface area contributed by atoms with Crippen LogP contribution in [0.3, 0.4) is 0 Å². The number of carbonyl (C=O) groups is 1. The maximum Gasteiger partial charge on any atom is 0.416 e. The summed E-state index contributed by atoms with van der Waals surface area (Å²) < 4.78 is 37.7. The van der Waals surface area contributed by atoms with Crippen molar-refractivity contribution in [2.24, 2.45) is 0 Å². The normalized spacial score (nSPS) is 12.9. The monoisotopic (exact) mass is 308 g/mol. The van der Waals surface area contributed by atoms with Gasteiger partial charge in [-0.2, -0.15) is 13.2 Å². The van der Waals surface area contributed by atoms with Crippen molar-refractivity contribution >= 4 is 23.3 Å². The van der Waals surface area contributed by atoms with Crippen molar-refractivity contribution in [1.82, 2.24) is 5.32 Å². The zero-order valence-corrected chi connectivity index (χ0v) is 11.9.